The van der Waals surface area contributed by atoms with E-state index in [2.05, 4.69) is 18.9 Å². The van der Waals surface area contributed by atoms with E-state index in [1.807, 2.05) is 4.90 Å². The Kier molecular flexibility index (Phi) is 4.97. The summed E-state index contributed by atoms with van der Waals surface area (Å²) in [6.45, 7) is 4.94. The number of amides is 1. The number of halogens is 1. The maximum absolute atomic E-state index is 13.1. The highest BCUT2D eigenvalue weighted by molar-refractivity contribution is 5.92. The SMILES string of the molecule is CC(C)C1CCCCN1C(=O)c1ccc(=O)n(-c2ccc(F)cc2)n1. The van der Waals surface area contributed by atoms with Crippen molar-refractivity contribution < 1.29 is 9.18 Å². The first-order valence-electron chi connectivity index (χ1n) is 8.64. The molecule has 2 aromatic rings. The van der Waals surface area contributed by atoms with Crippen LogP contribution in [0, 0.1) is 11.7 Å². The van der Waals surface area contributed by atoms with Gasteiger partial charge in [0.05, 0.1) is 5.69 Å². The van der Waals surface area contributed by atoms with Gasteiger partial charge in [-0.1, -0.05) is 13.8 Å². The summed E-state index contributed by atoms with van der Waals surface area (Å²) in [6.07, 6.45) is 3.09. The molecule has 5 nitrogen and oxygen atoms in total. The van der Waals surface area contributed by atoms with Gasteiger partial charge in [0.2, 0.25) is 0 Å². The Morgan fingerprint density at radius 1 is 1.16 bits per heavy atom. The molecular weight excluding hydrogens is 321 g/mol. The fourth-order valence-corrected chi connectivity index (χ4v) is 3.34. The maximum atomic E-state index is 13.1. The third-order valence-electron chi connectivity index (χ3n) is 4.67. The van der Waals surface area contributed by atoms with Gasteiger partial charge >= 0.3 is 0 Å². The van der Waals surface area contributed by atoms with Gasteiger partial charge in [0.1, 0.15) is 11.5 Å². The van der Waals surface area contributed by atoms with Crippen molar-refractivity contribution in [3.63, 3.8) is 0 Å². The maximum Gasteiger partial charge on any atom is 0.274 e. The van der Waals surface area contributed by atoms with Crippen LogP contribution in [-0.4, -0.2) is 33.2 Å². The highest BCUT2D eigenvalue weighted by Crippen LogP contribution is 2.24. The van der Waals surface area contributed by atoms with Crippen LogP contribution in [0.25, 0.3) is 5.69 Å². The third-order valence-corrected chi connectivity index (χ3v) is 4.67. The lowest BCUT2D eigenvalue weighted by Crippen LogP contribution is -2.47. The fourth-order valence-electron chi connectivity index (χ4n) is 3.34. The summed E-state index contributed by atoms with van der Waals surface area (Å²) in [5, 5.41) is 4.23. The van der Waals surface area contributed by atoms with Crippen LogP contribution in [0.15, 0.2) is 41.2 Å². The summed E-state index contributed by atoms with van der Waals surface area (Å²) in [7, 11) is 0. The molecule has 1 amide bonds. The minimum Gasteiger partial charge on any atom is -0.334 e. The van der Waals surface area contributed by atoms with Crippen molar-refractivity contribution in [2.24, 2.45) is 5.92 Å². The molecule has 3 rings (SSSR count). The van der Waals surface area contributed by atoms with Crippen molar-refractivity contribution in [2.45, 2.75) is 39.2 Å². The van der Waals surface area contributed by atoms with Gasteiger partial charge < -0.3 is 4.90 Å². The Balaban J connectivity index is 1.94. The molecule has 1 aliphatic heterocycles. The van der Waals surface area contributed by atoms with Crippen molar-refractivity contribution >= 4 is 5.91 Å². The molecule has 1 saturated heterocycles. The van der Waals surface area contributed by atoms with E-state index in [-0.39, 0.29) is 23.2 Å². The molecule has 1 aromatic carbocycles. The smallest absolute Gasteiger partial charge is 0.274 e. The molecular formula is C19H22FN3O2. The zero-order valence-corrected chi connectivity index (χ0v) is 14.5. The monoisotopic (exact) mass is 343 g/mol. The highest BCUT2D eigenvalue weighted by atomic mass is 19.1. The number of aromatic nitrogens is 2. The molecule has 132 valence electrons. The number of nitrogens with zero attached hydrogens (tertiary/aromatic N) is 3. The predicted octanol–water partition coefficient (Wildman–Crippen LogP) is 3.02. The van der Waals surface area contributed by atoms with E-state index in [0.29, 0.717) is 18.2 Å². The molecule has 1 atom stereocenters. The van der Waals surface area contributed by atoms with E-state index >= 15 is 0 Å². The van der Waals surface area contributed by atoms with Crippen LogP contribution in [0.1, 0.15) is 43.6 Å². The molecule has 25 heavy (non-hydrogen) atoms. The minimum atomic E-state index is -0.392. The Bertz CT molecular complexity index is 814. The lowest BCUT2D eigenvalue weighted by molar-refractivity contribution is 0.0535. The molecule has 0 bridgehead atoms. The van der Waals surface area contributed by atoms with Gasteiger partial charge in [-0.25, -0.2) is 4.39 Å². The molecule has 1 unspecified atom stereocenters. The third kappa shape index (κ3) is 3.62. The number of piperidine rings is 1. The van der Waals surface area contributed by atoms with E-state index in [1.165, 1.54) is 36.4 Å². The molecule has 0 N–H and O–H groups in total. The van der Waals surface area contributed by atoms with Gasteiger partial charge in [0, 0.05) is 18.7 Å². The van der Waals surface area contributed by atoms with Gasteiger partial charge in [0.25, 0.3) is 11.5 Å². The van der Waals surface area contributed by atoms with Crippen LogP contribution in [-0.2, 0) is 0 Å². The highest BCUT2D eigenvalue weighted by Gasteiger charge is 2.30. The van der Waals surface area contributed by atoms with E-state index in [1.54, 1.807) is 0 Å². The predicted molar refractivity (Wildman–Crippen MR) is 93.3 cm³/mol. The normalized spacial score (nSPS) is 17.8. The number of carbonyl (C=O) groups is 1. The zero-order valence-electron chi connectivity index (χ0n) is 14.5. The van der Waals surface area contributed by atoms with Gasteiger partial charge in [0.15, 0.2) is 0 Å². The van der Waals surface area contributed by atoms with Crippen molar-refractivity contribution in [1.29, 1.82) is 0 Å². The van der Waals surface area contributed by atoms with Crippen molar-refractivity contribution in [3.05, 3.63) is 58.3 Å². The van der Waals surface area contributed by atoms with Gasteiger partial charge in [-0.05, 0) is 55.5 Å². The first kappa shape index (κ1) is 17.3. The molecule has 1 aliphatic rings. The second-order valence-corrected chi connectivity index (χ2v) is 6.75. The number of hydrogen-bond donors (Lipinski definition) is 0. The summed E-state index contributed by atoms with van der Waals surface area (Å²) >= 11 is 0. The second kappa shape index (κ2) is 7.17. The van der Waals surface area contributed by atoms with E-state index < -0.39 is 5.82 Å². The van der Waals surface area contributed by atoms with Gasteiger partial charge in [-0.3, -0.25) is 9.59 Å². The minimum absolute atomic E-state index is 0.158. The fraction of sp³-hybridized carbons (Fsp3) is 0.421. The summed E-state index contributed by atoms with van der Waals surface area (Å²) in [4.78, 5) is 26.9. The summed E-state index contributed by atoms with van der Waals surface area (Å²) in [5.41, 5.74) is 0.304. The molecule has 1 aromatic heterocycles. The van der Waals surface area contributed by atoms with Crippen LogP contribution in [0.3, 0.4) is 0 Å². The Morgan fingerprint density at radius 3 is 2.56 bits per heavy atom. The van der Waals surface area contributed by atoms with Crippen molar-refractivity contribution in [2.75, 3.05) is 6.54 Å². The number of likely N-dealkylation sites (tertiary alicyclic amines) is 1. The number of rotatable bonds is 3. The first-order chi connectivity index (χ1) is 12.0. The van der Waals surface area contributed by atoms with Crippen LogP contribution >= 0.6 is 0 Å². The molecule has 0 saturated carbocycles. The van der Waals surface area contributed by atoms with Crippen LogP contribution < -0.4 is 5.56 Å². The number of benzene rings is 1. The molecule has 1 fully saturated rings. The van der Waals surface area contributed by atoms with Gasteiger partial charge in [-0.15, -0.1) is 0 Å². The standard InChI is InChI=1S/C19H22FN3O2/c1-13(2)17-5-3-4-12-22(17)19(25)16-10-11-18(24)23(21-16)15-8-6-14(20)7-9-15/h6-11,13,17H,3-5,12H2,1-2H3. The van der Waals surface area contributed by atoms with Crippen molar-refractivity contribution in [1.82, 2.24) is 14.7 Å². The molecule has 0 radical (unpaired) electrons. The lowest BCUT2D eigenvalue weighted by atomic mass is 9.92. The zero-order chi connectivity index (χ0) is 18.0. The molecule has 6 heteroatoms. The largest absolute Gasteiger partial charge is 0.334 e. The van der Waals surface area contributed by atoms with Crippen LogP contribution in [0.2, 0.25) is 0 Å². The van der Waals surface area contributed by atoms with Crippen LogP contribution in [0.4, 0.5) is 4.39 Å². The van der Waals surface area contributed by atoms with E-state index in [4.69, 9.17) is 0 Å². The Morgan fingerprint density at radius 2 is 1.88 bits per heavy atom. The van der Waals surface area contributed by atoms with Crippen molar-refractivity contribution in [3.8, 4) is 5.69 Å². The van der Waals surface area contributed by atoms with E-state index in [9.17, 15) is 14.0 Å². The Hall–Kier alpha value is -2.50. The van der Waals surface area contributed by atoms with Crippen LogP contribution in [0.5, 0.6) is 0 Å². The molecule has 0 aliphatic carbocycles. The summed E-state index contributed by atoms with van der Waals surface area (Å²) < 4.78 is 14.2. The topological polar surface area (TPSA) is 55.2 Å². The quantitative estimate of drug-likeness (QED) is 0.861. The second-order valence-electron chi connectivity index (χ2n) is 6.75. The molecule has 0 spiro atoms. The average Bonchev–Trinajstić information content (AvgIpc) is 2.62. The summed E-state index contributed by atoms with van der Waals surface area (Å²) in [5.74, 6) is -0.182. The number of carbonyl (C=O) groups excluding carboxylic acids is 1. The summed E-state index contributed by atoms with van der Waals surface area (Å²) in [6, 6.07) is 8.45. The lowest BCUT2D eigenvalue weighted by Gasteiger charge is -2.38. The number of hydrogen-bond acceptors (Lipinski definition) is 3. The van der Waals surface area contributed by atoms with Gasteiger partial charge in [-0.2, -0.15) is 9.78 Å². The average molecular weight is 343 g/mol. The Labute approximate surface area is 146 Å². The first-order valence-corrected chi connectivity index (χ1v) is 8.64. The van der Waals surface area contributed by atoms with E-state index in [0.717, 1.165) is 23.9 Å². The molecule has 2 heterocycles.